The Labute approximate surface area is 309 Å². The van der Waals surface area contributed by atoms with Gasteiger partial charge in [0.2, 0.25) is 18.2 Å². The number of aromatic nitrogens is 3. The molecule has 0 saturated heterocycles. The van der Waals surface area contributed by atoms with Gasteiger partial charge in [-0.2, -0.15) is 15.0 Å². The number of benzene rings is 6. The molecule has 0 aliphatic heterocycles. The van der Waals surface area contributed by atoms with Gasteiger partial charge >= 0.3 is 17.1 Å². The SMILES string of the molecule is O=C=Nc1cc(Br)cc2c(-n3c(=O)n(-c4cccc5c(N=C=O)cc(Br)cc45)c(=O)n(-c4cccc5c(N=C=O)cc(Br)cc45)c3=O)cccc12. The average molecular weight is 867 g/mol. The maximum Gasteiger partial charge on any atom is 0.345 e. The molecule has 15 heteroatoms. The standard InChI is InChI=1S/C36H15Br3N6O6/c37-19-10-25-22(28(13-19)40-16-46)4-1-7-31(25)43-34(49)44(32-8-2-5-23-26(32)11-20(38)14-29(23)41-17-47)36(51)45(35(43)50)33-9-3-6-24-27(33)12-21(39)15-30(24)42-18-48/h1-15H. The van der Waals surface area contributed by atoms with Gasteiger partial charge < -0.3 is 0 Å². The molecule has 246 valence electrons. The molecule has 0 aliphatic carbocycles. The Hall–Kier alpha value is -5.91. The normalized spacial score (nSPS) is 10.9. The molecular weight excluding hydrogens is 852 g/mol. The molecule has 0 spiro atoms. The summed E-state index contributed by atoms with van der Waals surface area (Å²) in [6.07, 6.45) is 4.58. The van der Waals surface area contributed by atoms with E-state index in [1.165, 1.54) is 36.4 Å². The van der Waals surface area contributed by atoms with Crippen molar-refractivity contribution in [3.63, 3.8) is 0 Å². The molecule has 12 nitrogen and oxygen atoms in total. The summed E-state index contributed by atoms with van der Waals surface area (Å²) in [5.74, 6) is 0. The van der Waals surface area contributed by atoms with Crippen LogP contribution < -0.4 is 17.1 Å². The smallest absolute Gasteiger partial charge is 0.246 e. The molecule has 0 atom stereocenters. The second kappa shape index (κ2) is 13.4. The Balaban J connectivity index is 1.72. The highest BCUT2D eigenvalue weighted by Crippen LogP contribution is 2.36. The lowest BCUT2D eigenvalue weighted by Gasteiger charge is -2.18. The Morgan fingerprint density at radius 2 is 0.686 bits per heavy atom. The van der Waals surface area contributed by atoms with Gasteiger partial charge in [-0.25, -0.2) is 42.5 Å². The van der Waals surface area contributed by atoms with Crippen molar-refractivity contribution < 1.29 is 14.4 Å². The first-order valence-corrected chi connectivity index (χ1v) is 17.0. The quantitative estimate of drug-likeness (QED) is 0.123. The molecule has 0 bridgehead atoms. The van der Waals surface area contributed by atoms with Gasteiger partial charge in [-0.05, 0) is 54.6 Å². The monoisotopic (exact) mass is 864 g/mol. The third-order valence-corrected chi connectivity index (χ3v) is 9.49. The third kappa shape index (κ3) is 5.70. The zero-order valence-corrected chi connectivity index (χ0v) is 30.2. The van der Waals surface area contributed by atoms with Gasteiger partial charge in [0.05, 0.1) is 34.1 Å². The number of nitrogens with zero attached hydrogens (tertiary/aromatic N) is 6. The summed E-state index contributed by atoms with van der Waals surface area (Å²) in [5, 5.41) is 2.32. The van der Waals surface area contributed by atoms with Gasteiger partial charge in [0, 0.05) is 45.7 Å². The lowest BCUT2D eigenvalue weighted by atomic mass is 10.1. The molecule has 7 aromatic rings. The van der Waals surface area contributed by atoms with E-state index in [1.54, 1.807) is 72.8 Å². The van der Waals surface area contributed by atoms with Crippen LogP contribution in [0.3, 0.4) is 0 Å². The predicted octanol–water partition coefficient (Wildman–Crippen LogP) is 7.79. The highest BCUT2D eigenvalue weighted by Gasteiger charge is 2.24. The van der Waals surface area contributed by atoms with Crippen molar-refractivity contribution in [2.24, 2.45) is 15.0 Å². The fraction of sp³-hybridized carbons (Fsp3) is 0. The number of aliphatic imine (C=N–C) groups is 3. The van der Waals surface area contributed by atoms with Crippen LogP contribution in [0.4, 0.5) is 17.1 Å². The van der Waals surface area contributed by atoms with Crippen LogP contribution >= 0.6 is 47.8 Å². The summed E-state index contributed by atoms with van der Waals surface area (Å²) < 4.78 is 4.03. The van der Waals surface area contributed by atoms with Crippen LogP contribution in [0.5, 0.6) is 0 Å². The fourth-order valence-electron chi connectivity index (χ4n) is 6.12. The van der Waals surface area contributed by atoms with Crippen LogP contribution in [0.1, 0.15) is 0 Å². The minimum Gasteiger partial charge on any atom is -0.246 e. The number of hydrogen-bond acceptors (Lipinski definition) is 9. The molecule has 0 saturated carbocycles. The molecule has 0 aliphatic rings. The molecule has 7 rings (SSSR count). The van der Waals surface area contributed by atoms with Crippen LogP contribution in [-0.2, 0) is 14.4 Å². The Morgan fingerprint density at radius 1 is 0.412 bits per heavy atom. The van der Waals surface area contributed by atoms with E-state index in [2.05, 4.69) is 62.8 Å². The van der Waals surface area contributed by atoms with Crippen molar-refractivity contribution in [3.05, 3.63) is 136 Å². The molecule has 51 heavy (non-hydrogen) atoms. The lowest BCUT2D eigenvalue weighted by Crippen LogP contribution is -2.52. The molecule has 0 radical (unpaired) electrons. The maximum atomic E-state index is 14.8. The van der Waals surface area contributed by atoms with E-state index >= 15 is 0 Å². The lowest BCUT2D eigenvalue weighted by molar-refractivity contribution is 0.564. The highest BCUT2D eigenvalue weighted by atomic mass is 79.9. The van der Waals surface area contributed by atoms with Crippen molar-refractivity contribution in [1.29, 1.82) is 0 Å². The Bertz CT molecular complexity index is 2650. The minimum absolute atomic E-state index is 0.0778. The molecule has 0 amide bonds. The minimum atomic E-state index is -1.02. The number of carbonyl (C=O) groups excluding carboxylic acids is 3. The van der Waals surface area contributed by atoms with Gasteiger partial charge in [0.15, 0.2) is 0 Å². The molecule has 1 heterocycles. The summed E-state index contributed by atoms with van der Waals surface area (Å²) in [5.41, 5.74) is -2.15. The summed E-state index contributed by atoms with van der Waals surface area (Å²) in [4.78, 5) is 89.7. The Kier molecular flexibility index (Phi) is 8.84. The van der Waals surface area contributed by atoms with Gasteiger partial charge in [0.25, 0.3) is 0 Å². The average Bonchev–Trinajstić information content (AvgIpc) is 3.09. The molecule has 6 aromatic carbocycles. The van der Waals surface area contributed by atoms with Crippen LogP contribution in [0.15, 0.2) is 134 Å². The number of halogens is 3. The van der Waals surface area contributed by atoms with Crippen molar-refractivity contribution in [2.45, 2.75) is 0 Å². The van der Waals surface area contributed by atoms with Crippen molar-refractivity contribution in [1.82, 2.24) is 13.7 Å². The summed E-state index contributed by atoms with van der Waals surface area (Å²) in [7, 11) is 0. The van der Waals surface area contributed by atoms with Crippen molar-refractivity contribution in [3.8, 4) is 17.1 Å². The van der Waals surface area contributed by atoms with Gasteiger partial charge in [-0.3, -0.25) is 0 Å². The van der Waals surface area contributed by atoms with E-state index < -0.39 is 17.1 Å². The first-order chi connectivity index (χ1) is 24.7. The van der Waals surface area contributed by atoms with Crippen LogP contribution in [0.25, 0.3) is 49.4 Å². The second-order valence-corrected chi connectivity index (χ2v) is 13.6. The number of fused-ring (bicyclic) bond motifs is 3. The maximum absolute atomic E-state index is 14.8. The topological polar surface area (TPSA) is 154 Å². The van der Waals surface area contributed by atoms with E-state index in [-0.39, 0.29) is 34.1 Å². The van der Waals surface area contributed by atoms with E-state index in [9.17, 15) is 28.8 Å². The molecule has 0 fully saturated rings. The summed E-state index contributed by atoms with van der Waals surface area (Å²) >= 11 is 10.3. The van der Waals surface area contributed by atoms with E-state index in [1.807, 2.05) is 0 Å². The van der Waals surface area contributed by atoms with Gasteiger partial charge in [-0.15, -0.1) is 0 Å². The number of hydrogen-bond donors (Lipinski definition) is 0. The van der Waals surface area contributed by atoms with Gasteiger partial charge in [0.1, 0.15) is 0 Å². The first-order valence-electron chi connectivity index (χ1n) is 14.6. The van der Waals surface area contributed by atoms with Gasteiger partial charge in [-0.1, -0.05) is 84.2 Å². The van der Waals surface area contributed by atoms with Crippen LogP contribution in [0.2, 0.25) is 0 Å². The molecule has 0 N–H and O–H groups in total. The summed E-state index contributed by atoms with van der Waals surface area (Å²) in [6, 6.07) is 24.0. The van der Waals surface area contributed by atoms with E-state index in [0.29, 0.717) is 45.7 Å². The van der Waals surface area contributed by atoms with Crippen LogP contribution in [-0.4, -0.2) is 31.9 Å². The third-order valence-electron chi connectivity index (χ3n) is 8.12. The first kappa shape index (κ1) is 33.6. The molecular formula is C36H15Br3N6O6. The second-order valence-electron chi connectivity index (χ2n) is 10.9. The molecule has 0 unspecified atom stereocenters. The van der Waals surface area contributed by atoms with E-state index in [4.69, 9.17) is 0 Å². The van der Waals surface area contributed by atoms with E-state index in [0.717, 1.165) is 13.7 Å². The van der Waals surface area contributed by atoms with Crippen LogP contribution in [0, 0.1) is 0 Å². The fourth-order valence-corrected chi connectivity index (χ4v) is 7.46. The largest absolute Gasteiger partial charge is 0.345 e. The zero-order chi connectivity index (χ0) is 36.0. The summed E-state index contributed by atoms with van der Waals surface area (Å²) in [6.45, 7) is 0. The highest BCUT2D eigenvalue weighted by molar-refractivity contribution is 9.11. The Morgan fingerprint density at radius 3 is 0.941 bits per heavy atom. The van der Waals surface area contributed by atoms with Crippen molar-refractivity contribution in [2.75, 3.05) is 0 Å². The number of rotatable bonds is 6. The molecule has 1 aromatic heterocycles. The predicted molar refractivity (Wildman–Crippen MR) is 202 cm³/mol. The number of isocyanates is 3. The zero-order valence-electron chi connectivity index (χ0n) is 25.4. The van der Waals surface area contributed by atoms with Crippen molar-refractivity contribution >= 4 is 115 Å².